The normalized spacial score (nSPS) is 13.2. The number of nitrogens with one attached hydrogen (secondary N) is 3. The molecule has 0 spiro atoms. The maximum absolute atomic E-state index is 11.4. The third-order valence-corrected chi connectivity index (χ3v) is 4.85. The molecule has 7 nitrogen and oxygen atoms in total. The Hall–Kier alpha value is -2.06. The van der Waals surface area contributed by atoms with E-state index in [4.69, 9.17) is 0 Å². The average Bonchev–Trinajstić information content (AvgIpc) is 2.95. The zero-order valence-corrected chi connectivity index (χ0v) is 16.7. The minimum Gasteiger partial charge on any atom is -0.356 e. The standard InChI is InChI=1S/C18H29N5O2S/c1-18(2,22-26(4,24)25)14-21-17(19-3)20-11-7-12-23-13-10-15-8-5-6-9-16(15)23/h5-6,8-10,13,22H,7,11-12,14H2,1-4H3,(H2,19,20,21). The second kappa shape index (κ2) is 8.55. The zero-order valence-electron chi connectivity index (χ0n) is 15.9. The quantitative estimate of drug-likeness (QED) is 0.369. The lowest BCUT2D eigenvalue weighted by atomic mass is 10.1. The molecule has 8 heteroatoms. The van der Waals surface area contributed by atoms with E-state index in [2.05, 4.69) is 55.4 Å². The predicted octanol–water partition coefficient (Wildman–Crippen LogP) is 1.52. The molecule has 0 aliphatic heterocycles. The topological polar surface area (TPSA) is 87.5 Å². The molecule has 1 aromatic carbocycles. The van der Waals surface area contributed by atoms with Crippen molar-refractivity contribution in [3.05, 3.63) is 36.5 Å². The highest BCUT2D eigenvalue weighted by molar-refractivity contribution is 7.88. The summed E-state index contributed by atoms with van der Waals surface area (Å²) in [4.78, 5) is 4.18. The summed E-state index contributed by atoms with van der Waals surface area (Å²) in [5.74, 6) is 0.658. The van der Waals surface area contributed by atoms with Gasteiger partial charge in [-0.25, -0.2) is 13.1 Å². The molecule has 0 saturated heterocycles. The van der Waals surface area contributed by atoms with Crippen LogP contribution in [0.1, 0.15) is 20.3 Å². The number of benzene rings is 1. The molecule has 26 heavy (non-hydrogen) atoms. The number of fused-ring (bicyclic) bond motifs is 1. The number of sulfonamides is 1. The first-order chi connectivity index (χ1) is 12.2. The van der Waals surface area contributed by atoms with Crippen LogP contribution < -0.4 is 15.4 Å². The molecule has 144 valence electrons. The van der Waals surface area contributed by atoms with E-state index in [0.29, 0.717) is 12.5 Å². The van der Waals surface area contributed by atoms with Gasteiger partial charge in [-0.1, -0.05) is 18.2 Å². The van der Waals surface area contributed by atoms with Crippen LogP contribution >= 0.6 is 0 Å². The predicted molar refractivity (Wildman–Crippen MR) is 108 cm³/mol. The van der Waals surface area contributed by atoms with Gasteiger partial charge in [0.2, 0.25) is 10.0 Å². The Morgan fingerprint density at radius 1 is 1.19 bits per heavy atom. The van der Waals surface area contributed by atoms with Gasteiger partial charge < -0.3 is 15.2 Å². The average molecular weight is 380 g/mol. The fraction of sp³-hybridized carbons (Fsp3) is 0.500. The first-order valence-electron chi connectivity index (χ1n) is 8.67. The van der Waals surface area contributed by atoms with Gasteiger partial charge in [-0.05, 0) is 37.8 Å². The van der Waals surface area contributed by atoms with E-state index >= 15 is 0 Å². The van der Waals surface area contributed by atoms with Crippen molar-refractivity contribution in [2.45, 2.75) is 32.4 Å². The summed E-state index contributed by atoms with van der Waals surface area (Å²) < 4.78 is 27.6. The van der Waals surface area contributed by atoms with Crippen LogP contribution in [0, 0.1) is 0 Å². The number of hydrogen-bond donors (Lipinski definition) is 3. The fourth-order valence-corrected chi connectivity index (χ4v) is 3.93. The van der Waals surface area contributed by atoms with Gasteiger partial charge in [-0.2, -0.15) is 0 Å². The second-order valence-corrected chi connectivity index (χ2v) is 8.78. The van der Waals surface area contributed by atoms with Crippen molar-refractivity contribution in [1.29, 1.82) is 0 Å². The minimum absolute atomic E-state index is 0.433. The minimum atomic E-state index is -3.25. The summed E-state index contributed by atoms with van der Waals surface area (Å²) in [6.45, 7) is 5.77. The number of nitrogens with zero attached hydrogens (tertiary/aromatic N) is 2. The first-order valence-corrected chi connectivity index (χ1v) is 10.6. The molecule has 0 radical (unpaired) electrons. The largest absolute Gasteiger partial charge is 0.356 e. The molecule has 0 aliphatic rings. The van der Waals surface area contributed by atoms with E-state index < -0.39 is 15.6 Å². The van der Waals surface area contributed by atoms with Crippen LogP contribution in [0.4, 0.5) is 0 Å². The van der Waals surface area contributed by atoms with E-state index in [1.54, 1.807) is 7.05 Å². The highest BCUT2D eigenvalue weighted by Gasteiger charge is 2.22. The summed E-state index contributed by atoms with van der Waals surface area (Å²) in [5, 5.41) is 7.67. The summed E-state index contributed by atoms with van der Waals surface area (Å²) in [6.07, 6.45) is 4.22. The molecule has 1 aromatic heterocycles. The van der Waals surface area contributed by atoms with Crippen molar-refractivity contribution >= 4 is 26.9 Å². The van der Waals surface area contributed by atoms with Crippen LogP contribution in [-0.2, 0) is 16.6 Å². The Balaban J connectivity index is 1.77. The van der Waals surface area contributed by atoms with Crippen LogP contribution in [0.25, 0.3) is 10.9 Å². The molecule has 0 bridgehead atoms. The Morgan fingerprint density at radius 2 is 1.92 bits per heavy atom. The molecule has 0 saturated carbocycles. The molecule has 0 fully saturated rings. The lowest BCUT2D eigenvalue weighted by Gasteiger charge is -2.26. The van der Waals surface area contributed by atoms with Gasteiger partial charge in [-0.3, -0.25) is 4.99 Å². The molecule has 2 rings (SSSR count). The molecule has 0 unspecified atom stereocenters. The van der Waals surface area contributed by atoms with E-state index in [1.807, 2.05) is 19.9 Å². The van der Waals surface area contributed by atoms with Crippen LogP contribution in [0.3, 0.4) is 0 Å². The van der Waals surface area contributed by atoms with Crippen molar-refractivity contribution in [1.82, 2.24) is 19.9 Å². The lowest BCUT2D eigenvalue weighted by molar-refractivity contribution is 0.446. The van der Waals surface area contributed by atoms with Crippen molar-refractivity contribution < 1.29 is 8.42 Å². The van der Waals surface area contributed by atoms with Crippen LogP contribution in [0.2, 0.25) is 0 Å². The van der Waals surface area contributed by atoms with E-state index in [-0.39, 0.29) is 0 Å². The molecular weight excluding hydrogens is 350 g/mol. The lowest BCUT2D eigenvalue weighted by Crippen LogP contribution is -2.53. The second-order valence-electron chi connectivity index (χ2n) is 7.03. The first kappa shape index (κ1) is 20.3. The number of hydrogen-bond acceptors (Lipinski definition) is 3. The van der Waals surface area contributed by atoms with Gasteiger partial charge >= 0.3 is 0 Å². The highest BCUT2D eigenvalue weighted by atomic mass is 32.2. The molecular formula is C18H29N5O2S. The van der Waals surface area contributed by atoms with Crippen LogP contribution in [-0.4, -0.2) is 50.9 Å². The van der Waals surface area contributed by atoms with Gasteiger partial charge in [0.05, 0.1) is 6.26 Å². The number of aromatic nitrogens is 1. The Morgan fingerprint density at radius 3 is 2.62 bits per heavy atom. The van der Waals surface area contributed by atoms with E-state index in [0.717, 1.165) is 25.8 Å². The third kappa shape index (κ3) is 6.34. The molecule has 0 amide bonds. The van der Waals surface area contributed by atoms with Gasteiger partial charge in [-0.15, -0.1) is 0 Å². The number of para-hydroxylation sites is 1. The van der Waals surface area contributed by atoms with Gasteiger partial charge in [0, 0.05) is 43.9 Å². The summed E-state index contributed by atoms with van der Waals surface area (Å²) >= 11 is 0. The van der Waals surface area contributed by atoms with Gasteiger partial charge in [0.1, 0.15) is 0 Å². The van der Waals surface area contributed by atoms with E-state index in [9.17, 15) is 8.42 Å². The number of rotatable bonds is 8. The number of aryl methyl sites for hydroxylation is 1. The van der Waals surface area contributed by atoms with Crippen molar-refractivity contribution in [3.8, 4) is 0 Å². The van der Waals surface area contributed by atoms with Crippen molar-refractivity contribution in [2.24, 2.45) is 4.99 Å². The zero-order chi connectivity index (χ0) is 19.2. The Labute approximate surface area is 155 Å². The smallest absolute Gasteiger partial charge is 0.209 e. The van der Waals surface area contributed by atoms with Crippen LogP contribution in [0.5, 0.6) is 0 Å². The molecule has 0 atom stereocenters. The Kier molecular flexibility index (Phi) is 6.66. The number of guanidine groups is 1. The van der Waals surface area contributed by atoms with Crippen molar-refractivity contribution in [2.75, 3.05) is 26.4 Å². The summed E-state index contributed by atoms with van der Waals surface area (Å²) in [6, 6.07) is 10.5. The van der Waals surface area contributed by atoms with Gasteiger partial charge in [0.25, 0.3) is 0 Å². The number of aliphatic imine (C=N–C) groups is 1. The van der Waals surface area contributed by atoms with Crippen molar-refractivity contribution in [3.63, 3.8) is 0 Å². The monoisotopic (exact) mass is 379 g/mol. The molecule has 2 aromatic rings. The summed E-state index contributed by atoms with van der Waals surface area (Å²) in [7, 11) is -1.55. The fourth-order valence-electron chi connectivity index (χ4n) is 2.86. The molecule has 1 heterocycles. The highest BCUT2D eigenvalue weighted by Crippen LogP contribution is 2.15. The SMILES string of the molecule is CN=C(NCCCn1ccc2ccccc21)NCC(C)(C)NS(C)(=O)=O. The summed E-state index contributed by atoms with van der Waals surface area (Å²) in [5.41, 5.74) is 0.638. The molecule has 0 aliphatic carbocycles. The van der Waals surface area contributed by atoms with Crippen LogP contribution in [0.15, 0.2) is 41.5 Å². The van der Waals surface area contributed by atoms with Gasteiger partial charge in [0.15, 0.2) is 5.96 Å². The third-order valence-electron chi connectivity index (χ3n) is 3.93. The maximum Gasteiger partial charge on any atom is 0.209 e. The molecule has 3 N–H and O–H groups in total. The Bertz CT molecular complexity index is 855. The van der Waals surface area contributed by atoms with E-state index in [1.165, 1.54) is 10.9 Å². The maximum atomic E-state index is 11.4.